The highest BCUT2D eigenvalue weighted by Gasteiger charge is 2.47. The van der Waals surface area contributed by atoms with Gasteiger partial charge >= 0.3 is 5.97 Å². The van der Waals surface area contributed by atoms with E-state index in [1.54, 1.807) is 0 Å². The summed E-state index contributed by atoms with van der Waals surface area (Å²) < 4.78 is 34.2. The van der Waals surface area contributed by atoms with Crippen molar-refractivity contribution in [3.63, 3.8) is 0 Å². The maximum absolute atomic E-state index is 13.0. The zero-order valence-corrected chi connectivity index (χ0v) is 41.1. The molecule has 0 bridgehead atoms. The molecule has 0 aromatic heterocycles. The van der Waals surface area contributed by atoms with Crippen molar-refractivity contribution in [2.45, 2.75) is 235 Å². The van der Waals surface area contributed by atoms with Crippen LogP contribution in [0.15, 0.2) is 60.8 Å². The van der Waals surface area contributed by atoms with E-state index >= 15 is 0 Å². The number of hydrogen-bond acceptors (Lipinski definition) is 14. The number of aliphatic hydroxyl groups is 7. The molecule has 0 radical (unpaired) electrons. The number of carbonyl (C=O) groups is 1. The lowest BCUT2D eigenvalue weighted by atomic mass is 9.98. The van der Waals surface area contributed by atoms with E-state index in [0.29, 0.717) is 13.0 Å². The SMILES string of the molecule is CC/C=C\C/C=C\C/C=C\C/C=C\CCCCCCCCCCCOCC(COC1OC(COC2OC(CO)C(O)C(O)C2O)C(O)C(O)C1O)OC(=O)CCCCCCC/C=C\CCCC. The standard InChI is InChI=1S/C53H92O14/c1-3-5-7-9-11-13-15-16-17-18-19-20-21-22-23-24-25-27-29-31-33-35-37-62-39-42(65-45(55)36-34-32-30-28-26-14-12-10-8-6-4-2)40-63-52-51(61)49(59)47(57)44(67-52)41-64-53-50(60)48(58)46(56)43(38-54)66-53/h5,7,10-13,16-17,19-20,42-44,46-54,56-61H,3-4,6,8-9,14-15,18,21-41H2,1-2H3/b7-5-,12-10-,13-11-,17-16-,20-19-. The van der Waals surface area contributed by atoms with E-state index in [-0.39, 0.29) is 19.6 Å². The summed E-state index contributed by atoms with van der Waals surface area (Å²) in [5, 5.41) is 72.1. The second-order valence-corrected chi connectivity index (χ2v) is 18.0. The van der Waals surface area contributed by atoms with Gasteiger partial charge < -0.3 is 64.2 Å². The lowest BCUT2D eigenvalue weighted by Gasteiger charge is -2.42. The van der Waals surface area contributed by atoms with E-state index < -0.39 is 86.7 Å². The van der Waals surface area contributed by atoms with Crippen molar-refractivity contribution in [1.29, 1.82) is 0 Å². The summed E-state index contributed by atoms with van der Waals surface area (Å²) in [5.74, 6) is -0.392. The third kappa shape index (κ3) is 28.2. The molecule has 67 heavy (non-hydrogen) atoms. The summed E-state index contributed by atoms with van der Waals surface area (Å²) in [7, 11) is 0. The van der Waals surface area contributed by atoms with Crippen LogP contribution in [0.4, 0.5) is 0 Å². The van der Waals surface area contributed by atoms with Gasteiger partial charge in [0.25, 0.3) is 0 Å². The first-order chi connectivity index (χ1) is 32.6. The van der Waals surface area contributed by atoms with Crippen molar-refractivity contribution >= 4 is 5.97 Å². The largest absolute Gasteiger partial charge is 0.457 e. The van der Waals surface area contributed by atoms with Gasteiger partial charge in [-0.1, -0.05) is 152 Å². The lowest BCUT2D eigenvalue weighted by Crippen LogP contribution is -2.61. The molecule has 2 rings (SSSR count). The normalized spacial score (nSPS) is 26.6. The minimum absolute atomic E-state index is 0.0517. The molecule has 2 aliphatic rings. The fraction of sp³-hybridized carbons (Fsp3) is 0.792. The van der Waals surface area contributed by atoms with Gasteiger partial charge in [-0.05, 0) is 70.6 Å². The third-order valence-corrected chi connectivity index (χ3v) is 12.0. The Morgan fingerprint density at radius 3 is 1.54 bits per heavy atom. The lowest BCUT2D eigenvalue weighted by molar-refractivity contribution is -0.332. The number of carbonyl (C=O) groups excluding carboxylic acids is 1. The van der Waals surface area contributed by atoms with Gasteiger partial charge in [-0.3, -0.25) is 4.79 Å². The average molecular weight is 953 g/mol. The highest BCUT2D eigenvalue weighted by molar-refractivity contribution is 5.69. The fourth-order valence-electron chi connectivity index (χ4n) is 7.79. The Morgan fingerprint density at radius 1 is 0.507 bits per heavy atom. The summed E-state index contributed by atoms with van der Waals surface area (Å²) >= 11 is 0. The van der Waals surface area contributed by atoms with Crippen LogP contribution in [0, 0.1) is 0 Å². The molecule has 14 nitrogen and oxygen atoms in total. The Labute approximate surface area is 403 Å². The van der Waals surface area contributed by atoms with Gasteiger partial charge in [-0.2, -0.15) is 0 Å². The van der Waals surface area contributed by atoms with E-state index in [2.05, 4.69) is 74.6 Å². The van der Waals surface area contributed by atoms with Crippen LogP contribution in [0.2, 0.25) is 0 Å². The third-order valence-electron chi connectivity index (χ3n) is 12.0. The molecule has 14 heteroatoms. The van der Waals surface area contributed by atoms with Crippen LogP contribution in [-0.2, 0) is 33.2 Å². The van der Waals surface area contributed by atoms with E-state index in [1.165, 1.54) is 51.4 Å². The Hall–Kier alpha value is -2.31. The molecule has 0 amide bonds. The molecule has 0 aromatic rings. The Kier molecular flexibility index (Phi) is 36.7. The van der Waals surface area contributed by atoms with Gasteiger partial charge in [0, 0.05) is 13.0 Å². The zero-order valence-electron chi connectivity index (χ0n) is 41.1. The molecule has 2 heterocycles. The molecule has 0 spiro atoms. The highest BCUT2D eigenvalue weighted by atomic mass is 16.7. The average Bonchev–Trinajstić information content (AvgIpc) is 3.32. The second-order valence-electron chi connectivity index (χ2n) is 18.0. The molecule has 2 fully saturated rings. The minimum atomic E-state index is -1.71. The van der Waals surface area contributed by atoms with Crippen molar-refractivity contribution in [1.82, 2.24) is 0 Å². The first-order valence-electron chi connectivity index (χ1n) is 25.9. The van der Waals surface area contributed by atoms with E-state index in [0.717, 1.165) is 89.9 Å². The quantitative estimate of drug-likeness (QED) is 0.0178. The predicted octanol–water partition coefficient (Wildman–Crippen LogP) is 7.74. The summed E-state index contributed by atoms with van der Waals surface area (Å²) in [6.07, 6.45) is 31.5. The summed E-state index contributed by atoms with van der Waals surface area (Å²) in [4.78, 5) is 13.0. The number of esters is 1. The van der Waals surface area contributed by atoms with Crippen molar-refractivity contribution in [2.75, 3.05) is 33.0 Å². The maximum Gasteiger partial charge on any atom is 0.306 e. The van der Waals surface area contributed by atoms with Crippen LogP contribution in [0.5, 0.6) is 0 Å². The van der Waals surface area contributed by atoms with Gasteiger partial charge in [0.15, 0.2) is 12.6 Å². The summed E-state index contributed by atoms with van der Waals surface area (Å²) in [5.41, 5.74) is 0. The number of unbranched alkanes of at least 4 members (excludes halogenated alkanes) is 16. The molecule has 0 aliphatic carbocycles. The van der Waals surface area contributed by atoms with Crippen molar-refractivity contribution < 1.29 is 69.0 Å². The number of ether oxygens (including phenoxy) is 6. The van der Waals surface area contributed by atoms with Gasteiger partial charge in [-0.25, -0.2) is 0 Å². The Balaban J connectivity index is 1.73. The van der Waals surface area contributed by atoms with Crippen LogP contribution in [0.25, 0.3) is 0 Å². The molecule has 2 aliphatic heterocycles. The van der Waals surface area contributed by atoms with Crippen LogP contribution >= 0.6 is 0 Å². The van der Waals surface area contributed by atoms with Crippen molar-refractivity contribution in [2.24, 2.45) is 0 Å². The first kappa shape index (κ1) is 60.8. The van der Waals surface area contributed by atoms with Crippen LogP contribution in [-0.4, -0.2) is 142 Å². The minimum Gasteiger partial charge on any atom is -0.457 e. The second kappa shape index (κ2) is 40.4. The van der Waals surface area contributed by atoms with E-state index in [1.807, 2.05) is 0 Å². The van der Waals surface area contributed by atoms with Crippen molar-refractivity contribution in [3.05, 3.63) is 60.8 Å². The van der Waals surface area contributed by atoms with E-state index in [4.69, 9.17) is 28.4 Å². The molecule has 0 saturated carbocycles. The van der Waals surface area contributed by atoms with Gasteiger partial charge in [-0.15, -0.1) is 0 Å². The topological polar surface area (TPSA) is 214 Å². The molecule has 0 aromatic carbocycles. The number of rotatable bonds is 40. The molecule has 388 valence electrons. The highest BCUT2D eigenvalue weighted by Crippen LogP contribution is 2.26. The molecular weight excluding hydrogens is 861 g/mol. The fourth-order valence-corrected chi connectivity index (χ4v) is 7.79. The predicted molar refractivity (Wildman–Crippen MR) is 261 cm³/mol. The monoisotopic (exact) mass is 953 g/mol. The molecule has 7 N–H and O–H groups in total. The van der Waals surface area contributed by atoms with Gasteiger partial charge in [0.2, 0.25) is 0 Å². The van der Waals surface area contributed by atoms with Crippen LogP contribution in [0.1, 0.15) is 168 Å². The first-order valence-corrected chi connectivity index (χ1v) is 25.9. The molecule has 2 saturated heterocycles. The van der Waals surface area contributed by atoms with Crippen LogP contribution < -0.4 is 0 Å². The molecule has 11 atom stereocenters. The van der Waals surface area contributed by atoms with Crippen LogP contribution in [0.3, 0.4) is 0 Å². The maximum atomic E-state index is 13.0. The molecular formula is C53H92O14. The molecule has 11 unspecified atom stereocenters. The van der Waals surface area contributed by atoms with Crippen molar-refractivity contribution in [3.8, 4) is 0 Å². The summed E-state index contributed by atoms with van der Waals surface area (Å²) in [6.45, 7) is 3.49. The van der Waals surface area contributed by atoms with Gasteiger partial charge in [0.05, 0.1) is 26.4 Å². The van der Waals surface area contributed by atoms with Gasteiger partial charge in [0.1, 0.15) is 54.9 Å². The number of hydrogen-bond donors (Lipinski definition) is 7. The van der Waals surface area contributed by atoms with E-state index in [9.17, 15) is 40.5 Å². The Morgan fingerprint density at radius 2 is 0.970 bits per heavy atom. The zero-order chi connectivity index (χ0) is 48.7. The number of allylic oxidation sites excluding steroid dienone is 10. The smallest absolute Gasteiger partial charge is 0.306 e. The number of aliphatic hydroxyl groups excluding tert-OH is 7. The Bertz CT molecular complexity index is 1340. The summed E-state index contributed by atoms with van der Waals surface area (Å²) in [6, 6.07) is 0.